The number of nitrogens with one attached hydrogen (secondary N) is 1. The molecule has 0 bridgehead atoms. The number of hydrazone groups is 1. The minimum absolute atomic E-state index is 0.0834. The van der Waals surface area contributed by atoms with E-state index >= 15 is 0 Å². The number of anilines is 2. The van der Waals surface area contributed by atoms with Gasteiger partial charge in [-0.3, -0.25) is 4.79 Å². The summed E-state index contributed by atoms with van der Waals surface area (Å²) >= 11 is 0. The molecule has 4 rings (SSSR count). The van der Waals surface area contributed by atoms with Gasteiger partial charge in [-0.1, -0.05) is 0 Å². The van der Waals surface area contributed by atoms with E-state index in [0.717, 1.165) is 41.4 Å². The van der Waals surface area contributed by atoms with Crippen LogP contribution in [0.15, 0.2) is 47.6 Å². The molecule has 30 heavy (non-hydrogen) atoms. The molecule has 2 aliphatic heterocycles. The van der Waals surface area contributed by atoms with Crippen LogP contribution in [0.3, 0.4) is 0 Å². The van der Waals surface area contributed by atoms with Crippen LogP contribution in [0.4, 0.5) is 28.9 Å². The van der Waals surface area contributed by atoms with Gasteiger partial charge in [0.15, 0.2) is 5.54 Å². The van der Waals surface area contributed by atoms with Gasteiger partial charge in [-0.15, -0.1) is 0 Å². The maximum absolute atomic E-state index is 13.5. The lowest BCUT2D eigenvalue weighted by Gasteiger charge is -2.38. The fourth-order valence-electron chi connectivity index (χ4n) is 3.28. The minimum atomic E-state index is -4.51. The van der Waals surface area contributed by atoms with Gasteiger partial charge in [0.05, 0.1) is 5.56 Å². The molecule has 0 saturated heterocycles. The van der Waals surface area contributed by atoms with Crippen molar-refractivity contribution in [3.63, 3.8) is 0 Å². The summed E-state index contributed by atoms with van der Waals surface area (Å²) in [5, 5.41) is 17.4. The van der Waals surface area contributed by atoms with E-state index in [4.69, 9.17) is 4.74 Å². The van der Waals surface area contributed by atoms with Gasteiger partial charge in [0, 0.05) is 18.2 Å². The Bertz CT molecular complexity index is 1070. The average molecular weight is 423 g/mol. The highest BCUT2D eigenvalue weighted by Gasteiger charge is 2.55. The third-order valence-corrected chi connectivity index (χ3v) is 4.83. The van der Waals surface area contributed by atoms with Gasteiger partial charge in [0.1, 0.15) is 29.6 Å². The third kappa shape index (κ3) is 3.21. The second-order valence-corrected chi connectivity index (χ2v) is 6.80. The van der Waals surface area contributed by atoms with E-state index in [1.165, 1.54) is 6.07 Å². The van der Waals surface area contributed by atoms with Crippen molar-refractivity contribution >= 4 is 29.0 Å². The standard InChI is InChI=1S/C19H13F4N3O4/c20-11-3-6-14-15(7-11)30-9-18(17(28)29)8-13(25-26(14)18)16(27)24-12-4-1-10(2-5-12)19(21,22)23/h1-7H,8-9H2,(H,24,27)(H,28,29). The quantitative estimate of drug-likeness (QED) is 0.740. The first-order valence-electron chi connectivity index (χ1n) is 8.62. The molecule has 1 atom stereocenters. The zero-order valence-electron chi connectivity index (χ0n) is 15.0. The summed E-state index contributed by atoms with van der Waals surface area (Å²) in [6.45, 7) is -0.376. The van der Waals surface area contributed by atoms with E-state index in [1.54, 1.807) is 0 Å². The Balaban J connectivity index is 1.61. The zero-order chi connectivity index (χ0) is 21.7. The van der Waals surface area contributed by atoms with Crippen LogP contribution in [0.25, 0.3) is 0 Å². The monoisotopic (exact) mass is 423 g/mol. The molecule has 0 spiro atoms. The van der Waals surface area contributed by atoms with Crippen LogP contribution in [-0.4, -0.2) is 34.8 Å². The van der Waals surface area contributed by atoms with Crippen LogP contribution in [-0.2, 0) is 15.8 Å². The summed E-state index contributed by atoms with van der Waals surface area (Å²) in [4.78, 5) is 24.6. The summed E-state index contributed by atoms with van der Waals surface area (Å²) < 4.78 is 56.8. The summed E-state index contributed by atoms with van der Waals surface area (Å²) in [5.74, 6) is -2.56. The number of hydrogen-bond donors (Lipinski definition) is 2. The topological polar surface area (TPSA) is 91.2 Å². The van der Waals surface area contributed by atoms with Crippen molar-refractivity contribution in [2.24, 2.45) is 5.10 Å². The number of alkyl halides is 3. The molecule has 2 aromatic rings. The van der Waals surface area contributed by atoms with E-state index in [1.807, 2.05) is 0 Å². The SMILES string of the molecule is O=C(Nc1ccc(C(F)(F)F)cc1)C1=NN2c3ccc(F)cc3OCC2(C(=O)O)C1. The molecule has 0 radical (unpaired) electrons. The van der Waals surface area contributed by atoms with Gasteiger partial charge in [-0.05, 0) is 36.4 Å². The van der Waals surface area contributed by atoms with E-state index in [0.29, 0.717) is 0 Å². The van der Waals surface area contributed by atoms with Gasteiger partial charge < -0.3 is 15.2 Å². The maximum atomic E-state index is 13.5. The fraction of sp³-hybridized carbons (Fsp3) is 0.211. The van der Waals surface area contributed by atoms with Crippen LogP contribution in [0.2, 0.25) is 0 Å². The first-order chi connectivity index (χ1) is 14.1. The summed E-state index contributed by atoms with van der Waals surface area (Å²) in [7, 11) is 0. The first kappa shape index (κ1) is 19.7. The van der Waals surface area contributed by atoms with Gasteiger partial charge in [0.25, 0.3) is 5.91 Å². The molecular weight excluding hydrogens is 410 g/mol. The van der Waals surface area contributed by atoms with E-state index < -0.39 is 35.0 Å². The highest BCUT2D eigenvalue weighted by atomic mass is 19.4. The van der Waals surface area contributed by atoms with E-state index in [2.05, 4.69) is 10.4 Å². The number of aliphatic carboxylic acids is 1. The minimum Gasteiger partial charge on any atom is -0.488 e. The molecule has 2 heterocycles. The van der Waals surface area contributed by atoms with E-state index in [9.17, 15) is 32.3 Å². The lowest BCUT2D eigenvalue weighted by Crippen LogP contribution is -2.56. The predicted molar refractivity (Wildman–Crippen MR) is 96.9 cm³/mol. The van der Waals surface area contributed by atoms with Crippen molar-refractivity contribution in [3.05, 3.63) is 53.8 Å². The molecule has 0 aliphatic carbocycles. The van der Waals surface area contributed by atoms with Crippen molar-refractivity contribution in [2.75, 3.05) is 16.9 Å². The van der Waals surface area contributed by atoms with Gasteiger partial charge in [-0.25, -0.2) is 14.2 Å². The van der Waals surface area contributed by atoms with Crippen molar-refractivity contribution in [2.45, 2.75) is 18.1 Å². The first-order valence-corrected chi connectivity index (χ1v) is 8.62. The van der Waals surface area contributed by atoms with E-state index in [-0.39, 0.29) is 35.9 Å². The molecule has 1 unspecified atom stereocenters. The Kier molecular flexibility index (Phi) is 4.40. The normalized spacial score (nSPS) is 20.0. The Labute approximate surface area is 166 Å². The van der Waals surface area contributed by atoms with Crippen LogP contribution >= 0.6 is 0 Å². The number of carboxylic acid groups (broad SMARTS) is 1. The van der Waals surface area contributed by atoms with Gasteiger partial charge in [0.2, 0.25) is 0 Å². The van der Waals surface area contributed by atoms with Crippen LogP contribution in [0, 0.1) is 5.82 Å². The van der Waals surface area contributed by atoms with Crippen molar-refractivity contribution in [3.8, 4) is 5.75 Å². The van der Waals surface area contributed by atoms with Crippen LogP contribution in [0.1, 0.15) is 12.0 Å². The maximum Gasteiger partial charge on any atom is 0.416 e. The predicted octanol–water partition coefficient (Wildman–Crippen LogP) is 3.27. The molecule has 2 N–H and O–H groups in total. The second-order valence-electron chi connectivity index (χ2n) is 6.80. The Morgan fingerprint density at radius 2 is 1.87 bits per heavy atom. The molecule has 156 valence electrons. The summed E-state index contributed by atoms with van der Waals surface area (Å²) in [6, 6.07) is 7.27. The van der Waals surface area contributed by atoms with Crippen molar-refractivity contribution < 1.29 is 37.0 Å². The lowest BCUT2D eigenvalue weighted by molar-refractivity contribution is -0.144. The molecule has 7 nitrogen and oxygen atoms in total. The number of hydrogen-bond acceptors (Lipinski definition) is 5. The van der Waals surface area contributed by atoms with Gasteiger partial charge >= 0.3 is 12.1 Å². The Morgan fingerprint density at radius 3 is 2.50 bits per heavy atom. The molecule has 1 amide bonds. The van der Waals surface area contributed by atoms with Crippen molar-refractivity contribution in [1.29, 1.82) is 0 Å². The van der Waals surface area contributed by atoms with Gasteiger partial charge in [-0.2, -0.15) is 18.3 Å². The number of ether oxygens (including phenoxy) is 1. The number of nitrogens with zero attached hydrogens (tertiary/aromatic N) is 2. The van der Waals surface area contributed by atoms with Crippen LogP contribution < -0.4 is 15.1 Å². The highest BCUT2D eigenvalue weighted by molar-refractivity contribution is 6.44. The number of benzene rings is 2. The number of amides is 1. The smallest absolute Gasteiger partial charge is 0.416 e. The second kappa shape index (κ2) is 6.71. The third-order valence-electron chi connectivity index (χ3n) is 4.83. The molecule has 0 saturated carbocycles. The fourth-order valence-corrected chi connectivity index (χ4v) is 3.28. The molecular formula is C19H13F4N3O4. The number of halogens is 4. The van der Waals surface area contributed by atoms with Crippen molar-refractivity contribution in [1.82, 2.24) is 0 Å². The summed E-state index contributed by atoms with van der Waals surface area (Å²) in [6.07, 6.45) is -4.83. The Morgan fingerprint density at radius 1 is 1.17 bits per heavy atom. The largest absolute Gasteiger partial charge is 0.488 e. The Hall–Kier alpha value is -3.63. The lowest BCUT2D eigenvalue weighted by atomic mass is 9.92. The summed E-state index contributed by atoms with van der Waals surface area (Å²) in [5.41, 5.74) is -2.46. The van der Waals surface area contributed by atoms with Crippen LogP contribution in [0.5, 0.6) is 5.75 Å². The number of carboxylic acids is 1. The average Bonchev–Trinajstić information content (AvgIpc) is 3.09. The molecule has 11 heteroatoms. The molecule has 0 aromatic heterocycles. The molecule has 2 aromatic carbocycles. The highest BCUT2D eigenvalue weighted by Crippen LogP contribution is 2.43. The zero-order valence-corrected chi connectivity index (χ0v) is 15.0. The molecule has 0 fully saturated rings. The number of rotatable bonds is 3. The number of fused-ring (bicyclic) bond motifs is 3. The number of carbonyl (C=O) groups excluding carboxylic acids is 1. The molecule has 2 aliphatic rings. The number of carbonyl (C=O) groups is 2.